The first-order chi connectivity index (χ1) is 16.9. The van der Waals surface area contributed by atoms with Crippen LogP contribution in [-0.4, -0.2) is 54.8 Å². The number of nitrogens with two attached hydrogens (primary N) is 1. The lowest BCUT2D eigenvalue weighted by molar-refractivity contribution is 0.0859. The maximum Gasteiger partial charge on any atom is 0.407 e. The van der Waals surface area contributed by atoms with Crippen LogP contribution in [0.3, 0.4) is 0 Å². The predicted octanol–water partition coefficient (Wildman–Crippen LogP) is 5.08. The van der Waals surface area contributed by atoms with Crippen molar-refractivity contribution < 1.29 is 19.4 Å². The number of hydrogen-bond acceptors (Lipinski definition) is 4. The van der Waals surface area contributed by atoms with Crippen molar-refractivity contribution in [1.29, 1.82) is 0 Å². The van der Waals surface area contributed by atoms with Gasteiger partial charge in [-0.1, -0.05) is 68.0 Å². The number of amides is 2. The molecule has 1 fully saturated rings. The van der Waals surface area contributed by atoms with Gasteiger partial charge in [-0.2, -0.15) is 0 Å². The number of benzene rings is 2. The summed E-state index contributed by atoms with van der Waals surface area (Å²) in [6, 6.07) is 14.5. The van der Waals surface area contributed by atoms with E-state index in [2.05, 4.69) is 5.32 Å². The fraction of sp³-hybridized carbons (Fsp3) is 0.481. The van der Waals surface area contributed by atoms with Crippen molar-refractivity contribution in [2.75, 3.05) is 26.7 Å². The number of nitrogens with zero attached hydrogens (tertiary/aromatic N) is 1. The summed E-state index contributed by atoms with van der Waals surface area (Å²) >= 11 is 6.20. The van der Waals surface area contributed by atoms with Crippen LogP contribution in [-0.2, 0) is 4.74 Å². The lowest BCUT2D eigenvalue weighted by Gasteiger charge is -2.29. The summed E-state index contributed by atoms with van der Waals surface area (Å²) in [5, 5.41) is 13.1. The Morgan fingerprint density at radius 1 is 1.14 bits per heavy atom. The molecule has 0 bridgehead atoms. The van der Waals surface area contributed by atoms with Crippen LogP contribution < -0.4 is 11.1 Å². The molecule has 7 nitrogen and oxygen atoms in total. The number of carbonyl (C=O) groups is 2. The van der Waals surface area contributed by atoms with Gasteiger partial charge in [-0.05, 0) is 47.7 Å². The second kappa shape index (κ2) is 13.5. The number of halogens is 1. The van der Waals surface area contributed by atoms with Gasteiger partial charge in [0.05, 0.1) is 6.61 Å². The average Bonchev–Trinajstić information content (AvgIpc) is 2.85. The second-order valence-electron chi connectivity index (χ2n) is 9.29. The highest BCUT2D eigenvalue weighted by atomic mass is 35.5. The minimum atomic E-state index is -1.00. The first kappa shape index (κ1) is 27.0. The van der Waals surface area contributed by atoms with Gasteiger partial charge in [0.15, 0.2) is 0 Å². The number of nitrogens with one attached hydrogen (secondary N) is 1. The minimum Gasteiger partial charge on any atom is -0.465 e. The van der Waals surface area contributed by atoms with Crippen LogP contribution in [0.5, 0.6) is 0 Å². The maximum absolute atomic E-state index is 13.3. The third kappa shape index (κ3) is 8.23. The molecule has 1 aliphatic rings. The van der Waals surface area contributed by atoms with Crippen LogP contribution in [0.1, 0.15) is 66.1 Å². The van der Waals surface area contributed by atoms with E-state index in [9.17, 15) is 14.7 Å². The van der Waals surface area contributed by atoms with Crippen molar-refractivity contribution in [3.05, 3.63) is 70.2 Å². The fourth-order valence-corrected chi connectivity index (χ4v) is 4.96. The topological polar surface area (TPSA) is 105 Å². The Balaban J connectivity index is 1.79. The minimum absolute atomic E-state index is 0.227. The molecule has 8 heteroatoms. The molecule has 2 aromatic carbocycles. The Morgan fingerprint density at radius 3 is 2.49 bits per heavy atom. The van der Waals surface area contributed by atoms with E-state index in [-0.39, 0.29) is 18.5 Å². The molecule has 0 heterocycles. The largest absolute Gasteiger partial charge is 0.465 e. The lowest BCUT2D eigenvalue weighted by atomic mass is 9.84. The van der Waals surface area contributed by atoms with Crippen LogP contribution in [0.2, 0.25) is 5.02 Å². The molecule has 3 rings (SSSR count). The molecule has 4 N–H and O–H groups in total. The van der Waals surface area contributed by atoms with E-state index in [1.54, 1.807) is 12.1 Å². The molecule has 0 aromatic heterocycles. The van der Waals surface area contributed by atoms with Gasteiger partial charge < -0.3 is 25.8 Å². The molecule has 2 aromatic rings. The predicted molar refractivity (Wildman–Crippen MR) is 138 cm³/mol. The number of carbonyl (C=O) groups excluding carboxylic acids is 1. The van der Waals surface area contributed by atoms with Crippen molar-refractivity contribution in [2.45, 2.75) is 50.7 Å². The molecule has 1 unspecified atom stereocenters. The third-order valence-electron chi connectivity index (χ3n) is 6.50. The summed E-state index contributed by atoms with van der Waals surface area (Å²) in [5.41, 5.74) is 7.87. The zero-order valence-corrected chi connectivity index (χ0v) is 21.0. The van der Waals surface area contributed by atoms with Crippen molar-refractivity contribution in [3.63, 3.8) is 0 Å². The molecule has 1 saturated carbocycles. The van der Waals surface area contributed by atoms with Gasteiger partial charge in [0, 0.05) is 36.8 Å². The SMILES string of the molecule is CN(C[C@@H](CC1CCCCC1)NC(=O)c1cccc(C(OCCN)c2cccc(Cl)c2)c1)C(=O)O. The van der Waals surface area contributed by atoms with Crippen LogP contribution in [0.4, 0.5) is 4.79 Å². The third-order valence-corrected chi connectivity index (χ3v) is 6.74. The van der Waals surface area contributed by atoms with Crippen LogP contribution in [0, 0.1) is 5.92 Å². The van der Waals surface area contributed by atoms with Crippen LogP contribution in [0.15, 0.2) is 48.5 Å². The van der Waals surface area contributed by atoms with Gasteiger partial charge in [-0.15, -0.1) is 0 Å². The Hall–Kier alpha value is -2.61. The molecular formula is C27H36ClN3O4. The van der Waals surface area contributed by atoms with Gasteiger partial charge in [0.2, 0.25) is 0 Å². The normalized spacial score (nSPS) is 15.9. The molecule has 190 valence electrons. The van der Waals surface area contributed by atoms with E-state index in [4.69, 9.17) is 22.1 Å². The van der Waals surface area contributed by atoms with Gasteiger partial charge in [0.25, 0.3) is 5.91 Å². The Labute approximate surface area is 212 Å². The average molecular weight is 502 g/mol. The summed E-state index contributed by atoms with van der Waals surface area (Å²) in [6.07, 6.45) is 5.23. The summed E-state index contributed by atoms with van der Waals surface area (Å²) in [5.74, 6) is 0.273. The standard InChI is InChI=1S/C27H36ClN3O4/c1-31(27(33)34)18-24(15-19-7-3-2-4-8-19)30-26(32)22-11-5-9-20(16-22)25(35-14-13-29)21-10-6-12-23(28)17-21/h5-6,9-12,16-17,19,24-25H,2-4,7-8,13-15,18,29H2,1H3,(H,30,32)(H,33,34)/t24-,25?/m1/s1. The Morgan fingerprint density at radius 2 is 1.83 bits per heavy atom. The molecule has 0 saturated heterocycles. The zero-order chi connectivity index (χ0) is 25.2. The maximum atomic E-state index is 13.3. The van der Waals surface area contributed by atoms with E-state index in [0.29, 0.717) is 29.7 Å². The molecule has 2 amide bonds. The number of ether oxygens (including phenoxy) is 1. The summed E-state index contributed by atoms with van der Waals surface area (Å²) in [7, 11) is 1.54. The van der Waals surface area contributed by atoms with E-state index < -0.39 is 12.2 Å². The van der Waals surface area contributed by atoms with E-state index in [1.807, 2.05) is 36.4 Å². The molecule has 0 radical (unpaired) electrons. The number of hydrogen-bond donors (Lipinski definition) is 3. The highest BCUT2D eigenvalue weighted by molar-refractivity contribution is 6.30. The van der Waals surface area contributed by atoms with E-state index in [1.165, 1.54) is 31.2 Å². The Kier molecular flexibility index (Phi) is 10.4. The quantitative estimate of drug-likeness (QED) is 0.398. The molecule has 1 aliphatic carbocycles. The molecule has 0 spiro atoms. The molecule has 2 atom stereocenters. The number of likely N-dealkylation sites (N-methyl/N-ethyl adjacent to an activating group) is 1. The highest BCUT2D eigenvalue weighted by Crippen LogP contribution is 2.29. The van der Waals surface area contributed by atoms with Crippen molar-refractivity contribution in [3.8, 4) is 0 Å². The lowest BCUT2D eigenvalue weighted by Crippen LogP contribution is -2.45. The van der Waals surface area contributed by atoms with Crippen molar-refractivity contribution >= 4 is 23.6 Å². The highest BCUT2D eigenvalue weighted by Gasteiger charge is 2.24. The second-order valence-corrected chi connectivity index (χ2v) is 9.73. The van der Waals surface area contributed by atoms with Gasteiger partial charge in [-0.3, -0.25) is 4.79 Å². The monoisotopic (exact) mass is 501 g/mol. The fourth-order valence-electron chi connectivity index (χ4n) is 4.77. The molecule has 35 heavy (non-hydrogen) atoms. The number of rotatable bonds is 11. The van der Waals surface area contributed by atoms with Gasteiger partial charge in [0.1, 0.15) is 6.10 Å². The van der Waals surface area contributed by atoms with Gasteiger partial charge in [-0.25, -0.2) is 4.79 Å². The van der Waals surface area contributed by atoms with Crippen LogP contribution >= 0.6 is 11.6 Å². The molecular weight excluding hydrogens is 466 g/mol. The number of carboxylic acid groups (broad SMARTS) is 1. The summed E-state index contributed by atoms with van der Waals surface area (Å²) in [6.45, 7) is 0.984. The van der Waals surface area contributed by atoms with Crippen molar-refractivity contribution in [2.24, 2.45) is 11.7 Å². The van der Waals surface area contributed by atoms with Crippen molar-refractivity contribution in [1.82, 2.24) is 10.2 Å². The smallest absolute Gasteiger partial charge is 0.407 e. The summed E-state index contributed by atoms with van der Waals surface area (Å²) in [4.78, 5) is 25.9. The Bertz CT molecular complexity index is 980. The van der Waals surface area contributed by atoms with Crippen LogP contribution in [0.25, 0.3) is 0 Å². The molecule has 0 aliphatic heterocycles. The first-order valence-corrected chi connectivity index (χ1v) is 12.7. The van der Waals surface area contributed by atoms with E-state index >= 15 is 0 Å². The van der Waals surface area contributed by atoms with Gasteiger partial charge >= 0.3 is 6.09 Å². The first-order valence-electron chi connectivity index (χ1n) is 12.3. The summed E-state index contributed by atoms with van der Waals surface area (Å²) < 4.78 is 6.03. The zero-order valence-electron chi connectivity index (χ0n) is 20.3. The van der Waals surface area contributed by atoms with E-state index in [0.717, 1.165) is 30.4 Å².